The van der Waals surface area contributed by atoms with E-state index in [2.05, 4.69) is 16.0 Å². The van der Waals surface area contributed by atoms with E-state index >= 15 is 0 Å². The van der Waals surface area contributed by atoms with Crippen LogP contribution >= 0.6 is 0 Å². The number of carbonyl (C=O) groups is 3. The predicted octanol–water partition coefficient (Wildman–Crippen LogP) is 3.20. The molecule has 0 unspecified atom stereocenters. The Balaban J connectivity index is 2.11. The molecule has 8 heteroatoms. The molecule has 2 aromatic carbocycles. The van der Waals surface area contributed by atoms with Crippen molar-refractivity contribution in [3.8, 4) is 11.5 Å². The van der Waals surface area contributed by atoms with E-state index in [1.165, 1.54) is 14.2 Å². The molecule has 3 N–H and O–H groups in total. The van der Waals surface area contributed by atoms with Gasteiger partial charge in [-0.1, -0.05) is 25.1 Å². The van der Waals surface area contributed by atoms with Crippen LogP contribution in [0.4, 0.5) is 11.4 Å². The first-order valence-corrected chi connectivity index (χ1v) is 9.67. The maximum Gasteiger partial charge on any atom is 0.255 e. The summed E-state index contributed by atoms with van der Waals surface area (Å²) in [5.74, 6) is -0.0940. The summed E-state index contributed by atoms with van der Waals surface area (Å²) in [4.78, 5) is 36.4. The SMILES string of the molecule is CCCNC(=O)CCC(=O)Nc1cc(OC)c(NC(=O)c2ccccc2)cc1OC. The molecule has 0 saturated heterocycles. The van der Waals surface area contributed by atoms with E-state index in [1.54, 1.807) is 36.4 Å². The van der Waals surface area contributed by atoms with E-state index in [0.29, 0.717) is 35.0 Å². The van der Waals surface area contributed by atoms with E-state index < -0.39 is 0 Å². The maximum atomic E-state index is 12.5. The molecule has 0 heterocycles. The highest BCUT2D eigenvalue weighted by atomic mass is 16.5. The number of benzene rings is 2. The van der Waals surface area contributed by atoms with Crippen LogP contribution < -0.4 is 25.4 Å². The Morgan fingerprint density at radius 3 is 1.97 bits per heavy atom. The van der Waals surface area contributed by atoms with Gasteiger partial charge in [-0.25, -0.2) is 0 Å². The molecule has 0 atom stereocenters. The quantitative estimate of drug-likeness (QED) is 0.555. The van der Waals surface area contributed by atoms with Crippen molar-refractivity contribution in [2.75, 3.05) is 31.4 Å². The number of carbonyl (C=O) groups excluding carboxylic acids is 3. The Kier molecular flexibility index (Phi) is 8.68. The van der Waals surface area contributed by atoms with Gasteiger partial charge in [-0.3, -0.25) is 14.4 Å². The van der Waals surface area contributed by atoms with Crippen molar-refractivity contribution >= 4 is 29.1 Å². The van der Waals surface area contributed by atoms with Gasteiger partial charge in [0.25, 0.3) is 5.91 Å². The molecule has 0 aliphatic rings. The molecule has 0 aliphatic heterocycles. The van der Waals surface area contributed by atoms with Crippen LogP contribution in [0.15, 0.2) is 42.5 Å². The van der Waals surface area contributed by atoms with E-state index in [1.807, 2.05) is 13.0 Å². The Bertz CT molecular complexity index is 884. The number of rotatable bonds is 10. The topological polar surface area (TPSA) is 106 Å². The number of anilines is 2. The summed E-state index contributed by atoms with van der Waals surface area (Å²) in [5, 5.41) is 8.23. The van der Waals surface area contributed by atoms with E-state index in [4.69, 9.17) is 9.47 Å². The number of hydrogen-bond acceptors (Lipinski definition) is 5. The number of methoxy groups -OCH3 is 2. The number of hydrogen-bond donors (Lipinski definition) is 3. The summed E-state index contributed by atoms with van der Waals surface area (Å²) in [5.41, 5.74) is 1.28. The lowest BCUT2D eigenvalue weighted by Crippen LogP contribution is -2.25. The summed E-state index contributed by atoms with van der Waals surface area (Å²) in [6.07, 6.45) is 0.964. The molecule has 0 aromatic heterocycles. The average Bonchev–Trinajstić information content (AvgIpc) is 2.77. The largest absolute Gasteiger partial charge is 0.494 e. The fourth-order valence-corrected chi connectivity index (χ4v) is 2.67. The van der Waals surface area contributed by atoms with Gasteiger partial charge < -0.3 is 25.4 Å². The van der Waals surface area contributed by atoms with Gasteiger partial charge in [0.05, 0.1) is 25.6 Å². The summed E-state index contributed by atoms with van der Waals surface area (Å²) >= 11 is 0. The second kappa shape index (κ2) is 11.5. The Labute approximate surface area is 175 Å². The normalized spacial score (nSPS) is 10.1. The van der Waals surface area contributed by atoms with Crippen LogP contribution in [0.5, 0.6) is 11.5 Å². The molecule has 0 spiro atoms. The molecule has 160 valence electrons. The molecule has 30 heavy (non-hydrogen) atoms. The second-order valence-electron chi connectivity index (χ2n) is 6.47. The van der Waals surface area contributed by atoms with Gasteiger partial charge >= 0.3 is 0 Å². The lowest BCUT2D eigenvalue weighted by molar-refractivity contribution is -0.124. The molecule has 0 bridgehead atoms. The van der Waals surface area contributed by atoms with E-state index in [9.17, 15) is 14.4 Å². The zero-order valence-corrected chi connectivity index (χ0v) is 17.4. The van der Waals surface area contributed by atoms with Crippen molar-refractivity contribution in [2.24, 2.45) is 0 Å². The minimum atomic E-state index is -0.330. The lowest BCUT2D eigenvalue weighted by atomic mass is 10.2. The van der Waals surface area contributed by atoms with Crippen molar-refractivity contribution in [3.63, 3.8) is 0 Å². The van der Waals surface area contributed by atoms with Gasteiger partial charge in [-0.05, 0) is 18.6 Å². The first-order chi connectivity index (χ1) is 14.5. The van der Waals surface area contributed by atoms with Crippen LogP contribution in [0.3, 0.4) is 0 Å². The van der Waals surface area contributed by atoms with Crippen molar-refractivity contribution in [1.82, 2.24) is 5.32 Å². The lowest BCUT2D eigenvalue weighted by Gasteiger charge is -2.16. The van der Waals surface area contributed by atoms with Gasteiger partial charge in [-0.15, -0.1) is 0 Å². The molecule has 3 amide bonds. The highest BCUT2D eigenvalue weighted by molar-refractivity contribution is 6.05. The third-order valence-electron chi connectivity index (χ3n) is 4.23. The van der Waals surface area contributed by atoms with Gasteiger partial charge in [-0.2, -0.15) is 0 Å². The molecule has 2 aromatic rings. The second-order valence-corrected chi connectivity index (χ2v) is 6.47. The minimum Gasteiger partial charge on any atom is -0.494 e. The summed E-state index contributed by atoms with van der Waals surface area (Å²) in [7, 11) is 2.92. The van der Waals surface area contributed by atoms with Crippen molar-refractivity contribution in [2.45, 2.75) is 26.2 Å². The molecule has 0 fully saturated rings. The van der Waals surface area contributed by atoms with Crippen LogP contribution in [-0.4, -0.2) is 38.5 Å². The van der Waals surface area contributed by atoms with Crippen LogP contribution in [0, 0.1) is 0 Å². The number of nitrogens with one attached hydrogen (secondary N) is 3. The van der Waals surface area contributed by atoms with Gasteiger partial charge in [0.2, 0.25) is 11.8 Å². The van der Waals surface area contributed by atoms with Crippen molar-refractivity contribution < 1.29 is 23.9 Å². The van der Waals surface area contributed by atoms with Crippen molar-refractivity contribution in [1.29, 1.82) is 0 Å². The van der Waals surface area contributed by atoms with Gasteiger partial charge in [0.15, 0.2) is 0 Å². The summed E-state index contributed by atoms with van der Waals surface area (Å²) < 4.78 is 10.7. The Hall–Kier alpha value is -3.55. The smallest absolute Gasteiger partial charge is 0.255 e. The first-order valence-electron chi connectivity index (χ1n) is 9.67. The van der Waals surface area contributed by atoms with E-state index in [-0.39, 0.29) is 30.6 Å². The highest BCUT2D eigenvalue weighted by Crippen LogP contribution is 2.36. The average molecular weight is 413 g/mol. The fraction of sp³-hybridized carbons (Fsp3) is 0.318. The van der Waals surface area contributed by atoms with Crippen LogP contribution in [0.25, 0.3) is 0 Å². The molecule has 8 nitrogen and oxygen atoms in total. The summed E-state index contributed by atoms with van der Waals surface area (Å²) in [6, 6.07) is 11.9. The zero-order chi connectivity index (χ0) is 21.9. The Morgan fingerprint density at radius 1 is 0.833 bits per heavy atom. The predicted molar refractivity (Wildman–Crippen MR) is 115 cm³/mol. The number of amides is 3. The number of ether oxygens (including phenoxy) is 2. The van der Waals surface area contributed by atoms with Crippen molar-refractivity contribution in [3.05, 3.63) is 48.0 Å². The van der Waals surface area contributed by atoms with Crippen LogP contribution in [-0.2, 0) is 9.59 Å². The molecule has 0 saturated carbocycles. The molecule has 2 rings (SSSR count). The third-order valence-corrected chi connectivity index (χ3v) is 4.23. The standard InChI is InChI=1S/C22H27N3O5/c1-4-12-23-20(26)10-11-21(27)24-16-13-19(30-3)17(14-18(16)29-2)25-22(28)15-8-6-5-7-9-15/h5-9,13-14H,4,10-12H2,1-3H3,(H,23,26)(H,24,27)(H,25,28). The molecular formula is C22H27N3O5. The maximum absolute atomic E-state index is 12.5. The molecule has 0 aliphatic carbocycles. The minimum absolute atomic E-state index is 0.0352. The summed E-state index contributed by atoms with van der Waals surface area (Å²) in [6.45, 7) is 2.54. The fourth-order valence-electron chi connectivity index (χ4n) is 2.67. The zero-order valence-electron chi connectivity index (χ0n) is 17.4. The third kappa shape index (κ3) is 6.51. The Morgan fingerprint density at radius 2 is 1.40 bits per heavy atom. The molecular weight excluding hydrogens is 386 g/mol. The van der Waals surface area contributed by atoms with Gasteiger partial charge in [0.1, 0.15) is 11.5 Å². The van der Waals surface area contributed by atoms with Crippen LogP contribution in [0.2, 0.25) is 0 Å². The first kappa shape index (κ1) is 22.7. The van der Waals surface area contributed by atoms with E-state index in [0.717, 1.165) is 6.42 Å². The van der Waals surface area contributed by atoms with Gasteiger partial charge in [0, 0.05) is 37.1 Å². The monoisotopic (exact) mass is 413 g/mol. The molecule has 0 radical (unpaired) electrons. The highest BCUT2D eigenvalue weighted by Gasteiger charge is 2.16. The van der Waals surface area contributed by atoms with Crippen LogP contribution in [0.1, 0.15) is 36.5 Å².